The van der Waals surface area contributed by atoms with Crippen LogP contribution in [0.25, 0.3) is 0 Å². The van der Waals surface area contributed by atoms with Crippen LogP contribution in [0, 0.1) is 0 Å². The molecule has 27 heavy (non-hydrogen) atoms. The van der Waals surface area contributed by atoms with Gasteiger partial charge in [-0.25, -0.2) is 0 Å². The molecule has 1 N–H and O–H groups in total. The van der Waals surface area contributed by atoms with Gasteiger partial charge in [-0.15, -0.1) is 11.3 Å². The molecule has 0 amide bonds. The zero-order valence-electron chi connectivity index (χ0n) is 16.2. The Kier molecular flexibility index (Phi) is 5.96. The predicted octanol–water partition coefficient (Wildman–Crippen LogP) is 5.41. The molecule has 2 aliphatic rings. The van der Waals surface area contributed by atoms with Crippen LogP contribution in [0.1, 0.15) is 73.9 Å². The van der Waals surface area contributed by atoms with Gasteiger partial charge in [0.05, 0.1) is 12.2 Å². The summed E-state index contributed by atoms with van der Waals surface area (Å²) in [6, 6.07) is 8.45. The molecule has 1 atom stereocenters. The Labute approximate surface area is 166 Å². The van der Waals surface area contributed by atoms with Crippen LogP contribution in [0.4, 0.5) is 0 Å². The highest BCUT2D eigenvalue weighted by Gasteiger charge is 2.48. The van der Waals surface area contributed by atoms with Crippen molar-refractivity contribution < 1.29 is 9.84 Å². The first kappa shape index (κ1) is 19.1. The van der Waals surface area contributed by atoms with Gasteiger partial charge < -0.3 is 9.84 Å². The van der Waals surface area contributed by atoms with E-state index in [0.717, 1.165) is 31.4 Å². The molecule has 0 bridgehead atoms. The molecule has 0 radical (unpaired) electrons. The van der Waals surface area contributed by atoms with Crippen molar-refractivity contribution >= 4 is 11.3 Å². The molecular weight excluding hydrogens is 354 g/mol. The quantitative estimate of drug-likeness (QED) is 0.648. The molecule has 2 fully saturated rings. The van der Waals surface area contributed by atoms with Crippen LogP contribution in [0.3, 0.4) is 0 Å². The van der Waals surface area contributed by atoms with Crippen molar-refractivity contribution in [3.05, 3.63) is 52.0 Å². The van der Waals surface area contributed by atoms with Gasteiger partial charge in [-0.2, -0.15) is 0 Å². The highest BCUT2D eigenvalue weighted by atomic mass is 32.1. The fourth-order valence-electron chi connectivity index (χ4n) is 5.27. The summed E-state index contributed by atoms with van der Waals surface area (Å²) in [5, 5.41) is 11.6. The Morgan fingerprint density at radius 3 is 2.78 bits per heavy atom. The van der Waals surface area contributed by atoms with Crippen LogP contribution >= 0.6 is 11.3 Å². The molecule has 2 aromatic heterocycles. The molecule has 3 nitrogen and oxygen atoms in total. The fourth-order valence-corrected chi connectivity index (χ4v) is 6.21. The van der Waals surface area contributed by atoms with E-state index in [-0.39, 0.29) is 17.6 Å². The van der Waals surface area contributed by atoms with Crippen LogP contribution in [0.2, 0.25) is 0 Å². The Morgan fingerprint density at radius 2 is 2.00 bits per heavy atom. The maximum Gasteiger partial charge on any atom is 0.0692 e. The molecule has 146 valence electrons. The van der Waals surface area contributed by atoms with E-state index in [0.29, 0.717) is 0 Å². The molecule has 1 saturated heterocycles. The lowest BCUT2D eigenvalue weighted by Crippen LogP contribution is -2.46. The van der Waals surface area contributed by atoms with Gasteiger partial charge in [-0.3, -0.25) is 4.98 Å². The van der Waals surface area contributed by atoms with Crippen molar-refractivity contribution in [2.45, 2.75) is 81.8 Å². The lowest BCUT2D eigenvalue weighted by Gasteiger charge is -2.46. The highest BCUT2D eigenvalue weighted by Crippen LogP contribution is 2.50. The van der Waals surface area contributed by atoms with E-state index in [4.69, 9.17) is 9.72 Å². The van der Waals surface area contributed by atoms with Crippen LogP contribution < -0.4 is 0 Å². The molecule has 4 heteroatoms. The second-order valence-electron chi connectivity index (χ2n) is 8.39. The predicted molar refractivity (Wildman–Crippen MR) is 110 cm³/mol. The van der Waals surface area contributed by atoms with E-state index in [1.165, 1.54) is 55.5 Å². The Morgan fingerprint density at radius 1 is 1.11 bits per heavy atom. The summed E-state index contributed by atoms with van der Waals surface area (Å²) >= 11 is 1.78. The number of ether oxygens (including phenoxy) is 1. The van der Waals surface area contributed by atoms with E-state index in [1.807, 2.05) is 12.3 Å². The number of rotatable bonds is 7. The smallest absolute Gasteiger partial charge is 0.0692 e. The fraction of sp³-hybridized carbons (Fsp3) is 0.609. The number of hydrogen-bond acceptors (Lipinski definition) is 4. The lowest BCUT2D eigenvalue weighted by molar-refractivity contribution is -0.104. The van der Waals surface area contributed by atoms with Crippen LogP contribution in [-0.2, 0) is 23.2 Å². The molecule has 1 spiro atoms. The first-order valence-electron chi connectivity index (χ1n) is 10.5. The van der Waals surface area contributed by atoms with E-state index in [2.05, 4.69) is 23.6 Å². The third-order valence-electron chi connectivity index (χ3n) is 6.69. The number of aliphatic hydroxyl groups is 1. The van der Waals surface area contributed by atoms with Gasteiger partial charge in [-0.05, 0) is 74.1 Å². The normalized spacial score (nSPS) is 24.5. The van der Waals surface area contributed by atoms with E-state index in [1.54, 1.807) is 11.3 Å². The third kappa shape index (κ3) is 4.13. The summed E-state index contributed by atoms with van der Waals surface area (Å²) in [6.45, 7) is 1.03. The van der Waals surface area contributed by atoms with Gasteiger partial charge in [0.25, 0.3) is 0 Å². The number of thiophene rings is 1. The average molecular weight is 386 g/mol. The zero-order valence-corrected chi connectivity index (χ0v) is 17.0. The minimum Gasteiger partial charge on any atom is -0.392 e. The minimum atomic E-state index is 0.105. The van der Waals surface area contributed by atoms with Crippen LogP contribution in [-0.4, -0.2) is 22.3 Å². The monoisotopic (exact) mass is 385 g/mol. The first-order chi connectivity index (χ1) is 13.3. The van der Waals surface area contributed by atoms with E-state index >= 15 is 0 Å². The van der Waals surface area contributed by atoms with E-state index < -0.39 is 0 Å². The van der Waals surface area contributed by atoms with E-state index in [9.17, 15) is 5.11 Å². The maximum absolute atomic E-state index is 9.46. The summed E-state index contributed by atoms with van der Waals surface area (Å²) in [4.78, 5) is 6.15. The maximum atomic E-state index is 9.46. The summed E-state index contributed by atoms with van der Waals surface area (Å²) in [6.07, 6.45) is 13.9. The first-order valence-corrected chi connectivity index (χ1v) is 11.3. The molecule has 0 aromatic carbocycles. The van der Waals surface area contributed by atoms with Crippen LogP contribution in [0.5, 0.6) is 0 Å². The SMILES string of the molecule is OCc1ccsc1CCCC[C@@]1(c2ccccn2)CCOC2(CCCC2)C1. The van der Waals surface area contributed by atoms with Crippen molar-refractivity contribution in [3.8, 4) is 0 Å². The van der Waals surface area contributed by atoms with Crippen molar-refractivity contribution in [1.29, 1.82) is 0 Å². The molecule has 1 saturated carbocycles. The topological polar surface area (TPSA) is 42.4 Å². The lowest BCUT2D eigenvalue weighted by atomic mass is 9.67. The summed E-state index contributed by atoms with van der Waals surface area (Å²) in [5.41, 5.74) is 2.65. The standard InChI is InChI=1S/C23H31NO2S/c25-17-19-9-16-27-20(19)7-1-3-10-22(21-8-2-6-14-24-21)13-15-26-23(18-22)11-4-5-12-23/h2,6,8-9,14,16,25H,1,3-5,7,10-13,15,17-18H2/t22-/m1/s1. The summed E-state index contributed by atoms with van der Waals surface area (Å²) in [7, 11) is 0. The molecular formula is C23H31NO2S. The highest BCUT2D eigenvalue weighted by molar-refractivity contribution is 7.10. The van der Waals surface area contributed by atoms with Crippen molar-refractivity contribution in [1.82, 2.24) is 4.98 Å². The van der Waals surface area contributed by atoms with Gasteiger partial charge in [0, 0.05) is 28.8 Å². The average Bonchev–Trinajstić information content (AvgIpc) is 3.35. The number of nitrogens with zero attached hydrogens (tertiary/aromatic N) is 1. The molecule has 1 aliphatic carbocycles. The molecule has 2 aromatic rings. The van der Waals surface area contributed by atoms with Gasteiger partial charge in [-0.1, -0.05) is 25.3 Å². The zero-order chi connectivity index (χ0) is 18.6. The van der Waals surface area contributed by atoms with Crippen molar-refractivity contribution in [3.63, 3.8) is 0 Å². The number of aromatic nitrogens is 1. The van der Waals surface area contributed by atoms with Gasteiger partial charge >= 0.3 is 0 Å². The number of hydrogen-bond donors (Lipinski definition) is 1. The number of aryl methyl sites for hydroxylation is 1. The number of pyridine rings is 1. The van der Waals surface area contributed by atoms with Gasteiger partial charge in [0.15, 0.2) is 0 Å². The van der Waals surface area contributed by atoms with Crippen LogP contribution in [0.15, 0.2) is 35.8 Å². The Bertz CT molecular complexity index is 723. The van der Waals surface area contributed by atoms with Gasteiger partial charge in [0.2, 0.25) is 0 Å². The second kappa shape index (κ2) is 8.42. The molecule has 1 aliphatic heterocycles. The molecule has 3 heterocycles. The molecule has 0 unspecified atom stereocenters. The van der Waals surface area contributed by atoms with Crippen molar-refractivity contribution in [2.24, 2.45) is 0 Å². The largest absolute Gasteiger partial charge is 0.392 e. The third-order valence-corrected chi connectivity index (χ3v) is 7.71. The minimum absolute atomic E-state index is 0.105. The summed E-state index contributed by atoms with van der Waals surface area (Å²) in [5.74, 6) is 0. The van der Waals surface area contributed by atoms with Gasteiger partial charge in [0.1, 0.15) is 0 Å². The summed E-state index contributed by atoms with van der Waals surface area (Å²) < 4.78 is 6.34. The Balaban J connectivity index is 1.46. The molecule has 4 rings (SSSR count). The van der Waals surface area contributed by atoms with Crippen molar-refractivity contribution in [2.75, 3.05) is 6.61 Å². The second-order valence-corrected chi connectivity index (χ2v) is 9.40. The number of aliphatic hydroxyl groups excluding tert-OH is 1. The Hall–Kier alpha value is -1.23. The number of unbranched alkanes of at least 4 members (excludes halogenated alkanes) is 1.